The van der Waals surface area contributed by atoms with Gasteiger partial charge < -0.3 is 19.4 Å². The van der Waals surface area contributed by atoms with Gasteiger partial charge in [-0.25, -0.2) is 0 Å². The lowest BCUT2D eigenvalue weighted by Crippen LogP contribution is -2.48. The molecule has 0 aromatic rings. The van der Waals surface area contributed by atoms with Crippen LogP contribution >= 0.6 is 0 Å². The monoisotopic (exact) mass is 281 g/mol. The summed E-state index contributed by atoms with van der Waals surface area (Å²) in [6, 6.07) is 0. The molecular formula is C16H31N3O. The molecule has 116 valence electrons. The molecular weight excluding hydrogens is 250 g/mol. The fourth-order valence-electron chi connectivity index (χ4n) is 3.95. The Bertz CT molecular complexity index is 285. The number of nitrogens with zero attached hydrogens (tertiary/aromatic N) is 3. The first-order valence-corrected chi connectivity index (χ1v) is 8.54. The minimum Gasteiger partial charge on any atom is -0.374 e. The Morgan fingerprint density at radius 3 is 2.30 bits per heavy atom. The summed E-state index contributed by atoms with van der Waals surface area (Å²) in [5, 5.41) is 0. The summed E-state index contributed by atoms with van der Waals surface area (Å²) in [4.78, 5) is 7.71. The highest BCUT2D eigenvalue weighted by atomic mass is 16.5. The van der Waals surface area contributed by atoms with Crippen LogP contribution in [0.4, 0.5) is 0 Å². The van der Waals surface area contributed by atoms with Gasteiger partial charge in [-0.05, 0) is 64.8 Å². The normalized spacial score (nSPS) is 31.9. The molecule has 0 saturated carbocycles. The molecule has 3 aliphatic heterocycles. The molecule has 3 rings (SSSR count). The van der Waals surface area contributed by atoms with Crippen molar-refractivity contribution in [1.82, 2.24) is 14.7 Å². The van der Waals surface area contributed by atoms with Crippen LogP contribution in [-0.4, -0.2) is 86.8 Å². The Morgan fingerprint density at radius 2 is 1.60 bits per heavy atom. The van der Waals surface area contributed by atoms with Crippen molar-refractivity contribution in [2.75, 3.05) is 66.0 Å². The van der Waals surface area contributed by atoms with Crippen molar-refractivity contribution in [2.24, 2.45) is 5.92 Å². The minimum absolute atomic E-state index is 0.434. The minimum atomic E-state index is 0.434. The van der Waals surface area contributed by atoms with Gasteiger partial charge in [0.2, 0.25) is 0 Å². The van der Waals surface area contributed by atoms with Gasteiger partial charge >= 0.3 is 0 Å². The SMILES string of the molecule is CN1CCOC(CN2CCC(CN3CCCC3)CC2)C1. The molecule has 20 heavy (non-hydrogen) atoms. The van der Waals surface area contributed by atoms with Crippen molar-refractivity contribution in [3.8, 4) is 0 Å². The second kappa shape index (κ2) is 7.21. The van der Waals surface area contributed by atoms with Crippen LogP contribution in [0.15, 0.2) is 0 Å². The third kappa shape index (κ3) is 4.17. The summed E-state index contributed by atoms with van der Waals surface area (Å²) in [5.41, 5.74) is 0. The van der Waals surface area contributed by atoms with E-state index in [0.29, 0.717) is 6.10 Å². The summed E-state index contributed by atoms with van der Waals surface area (Å²) in [6.45, 7) is 10.9. The van der Waals surface area contributed by atoms with E-state index >= 15 is 0 Å². The first-order chi connectivity index (χ1) is 9.79. The molecule has 0 spiro atoms. The number of likely N-dealkylation sites (N-methyl/N-ethyl adjacent to an activating group) is 1. The van der Waals surface area contributed by atoms with Gasteiger partial charge in [0.1, 0.15) is 0 Å². The van der Waals surface area contributed by atoms with E-state index in [0.717, 1.165) is 32.2 Å². The maximum atomic E-state index is 5.89. The molecule has 0 aliphatic carbocycles. The zero-order chi connectivity index (χ0) is 13.8. The number of hydrogen-bond acceptors (Lipinski definition) is 4. The summed E-state index contributed by atoms with van der Waals surface area (Å²) >= 11 is 0. The van der Waals surface area contributed by atoms with E-state index < -0.39 is 0 Å². The Morgan fingerprint density at radius 1 is 0.900 bits per heavy atom. The number of morpholine rings is 1. The first-order valence-electron chi connectivity index (χ1n) is 8.54. The van der Waals surface area contributed by atoms with Gasteiger partial charge in [-0.2, -0.15) is 0 Å². The summed E-state index contributed by atoms with van der Waals surface area (Å²) in [6.07, 6.45) is 6.05. The average molecular weight is 281 g/mol. The Hall–Kier alpha value is -0.160. The second-order valence-corrected chi connectivity index (χ2v) is 7.01. The molecule has 1 unspecified atom stereocenters. The smallest absolute Gasteiger partial charge is 0.0829 e. The van der Waals surface area contributed by atoms with Gasteiger partial charge in [-0.15, -0.1) is 0 Å². The van der Waals surface area contributed by atoms with E-state index in [9.17, 15) is 0 Å². The van der Waals surface area contributed by atoms with Crippen molar-refractivity contribution >= 4 is 0 Å². The van der Waals surface area contributed by atoms with Gasteiger partial charge in [0, 0.05) is 26.2 Å². The van der Waals surface area contributed by atoms with Crippen molar-refractivity contribution < 1.29 is 4.74 Å². The molecule has 0 aromatic carbocycles. The molecule has 3 heterocycles. The van der Waals surface area contributed by atoms with Crippen LogP contribution in [0.2, 0.25) is 0 Å². The Kier molecular flexibility index (Phi) is 5.32. The highest BCUT2D eigenvalue weighted by molar-refractivity contribution is 4.80. The number of piperidine rings is 1. The predicted molar refractivity (Wildman–Crippen MR) is 82.1 cm³/mol. The van der Waals surface area contributed by atoms with E-state index in [1.807, 2.05) is 0 Å². The third-order valence-corrected chi connectivity index (χ3v) is 5.23. The molecule has 0 bridgehead atoms. The molecule has 4 nitrogen and oxygen atoms in total. The van der Waals surface area contributed by atoms with E-state index in [1.54, 1.807) is 0 Å². The number of likely N-dealkylation sites (tertiary alicyclic amines) is 2. The fourth-order valence-corrected chi connectivity index (χ4v) is 3.95. The molecule has 1 atom stereocenters. The second-order valence-electron chi connectivity index (χ2n) is 7.01. The maximum absolute atomic E-state index is 5.89. The summed E-state index contributed by atoms with van der Waals surface area (Å²) < 4.78 is 5.89. The van der Waals surface area contributed by atoms with Crippen molar-refractivity contribution in [3.05, 3.63) is 0 Å². The maximum Gasteiger partial charge on any atom is 0.0829 e. The highest BCUT2D eigenvalue weighted by Crippen LogP contribution is 2.21. The van der Waals surface area contributed by atoms with E-state index in [1.165, 1.54) is 58.4 Å². The van der Waals surface area contributed by atoms with Crippen LogP contribution in [-0.2, 0) is 4.74 Å². The summed E-state index contributed by atoms with van der Waals surface area (Å²) in [5.74, 6) is 0.944. The van der Waals surface area contributed by atoms with Crippen LogP contribution < -0.4 is 0 Å². The van der Waals surface area contributed by atoms with Crippen LogP contribution in [0.5, 0.6) is 0 Å². The van der Waals surface area contributed by atoms with Crippen molar-refractivity contribution in [3.63, 3.8) is 0 Å². The van der Waals surface area contributed by atoms with E-state index in [-0.39, 0.29) is 0 Å². The summed E-state index contributed by atoms with van der Waals surface area (Å²) in [7, 11) is 2.21. The largest absolute Gasteiger partial charge is 0.374 e. The van der Waals surface area contributed by atoms with Crippen LogP contribution in [0.1, 0.15) is 25.7 Å². The van der Waals surface area contributed by atoms with Gasteiger partial charge in [-0.1, -0.05) is 0 Å². The molecule has 0 N–H and O–H groups in total. The zero-order valence-electron chi connectivity index (χ0n) is 13.1. The van der Waals surface area contributed by atoms with Crippen LogP contribution in [0.3, 0.4) is 0 Å². The Balaban J connectivity index is 1.35. The van der Waals surface area contributed by atoms with Crippen LogP contribution in [0, 0.1) is 5.92 Å². The Labute approximate surface area is 124 Å². The highest BCUT2D eigenvalue weighted by Gasteiger charge is 2.26. The lowest BCUT2D eigenvalue weighted by Gasteiger charge is -2.38. The quantitative estimate of drug-likeness (QED) is 0.769. The van der Waals surface area contributed by atoms with Gasteiger partial charge in [-0.3, -0.25) is 0 Å². The van der Waals surface area contributed by atoms with E-state index in [2.05, 4.69) is 21.7 Å². The van der Waals surface area contributed by atoms with Gasteiger partial charge in [0.05, 0.1) is 12.7 Å². The number of rotatable bonds is 4. The predicted octanol–water partition coefficient (Wildman–Crippen LogP) is 1.12. The topological polar surface area (TPSA) is 19.0 Å². The molecule has 3 fully saturated rings. The molecule has 3 saturated heterocycles. The molecule has 3 aliphatic rings. The third-order valence-electron chi connectivity index (χ3n) is 5.23. The first kappa shape index (κ1) is 14.8. The van der Waals surface area contributed by atoms with Crippen molar-refractivity contribution in [1.29, 1.82) is 0 Å². The van der Waals surface area contributed by atoms with Crippen molar-refractivity contribution in [2.45, 2.75) is 31.8 Å². The zero-order valence-corrected chi connectivity index (χ0v) is 13.1. The molecule has 0 radical (unpaired) electrons. The van der Waals surface area contributed by atoms with Gasteiger partial charge in [0.15, 0.2) is 0 Å². The number of ether oxygens (including phenoxy) is 1. The standard InChI is InChI=1S/C16H31N3O/c1-17-10-11-20-16(13-17)14-19-8-4-15(5-9-19)12-18-6-2-3-7-18/h15-16H,2-14H2,1H3. The number of hydrogen-bond donors (Lipinski definition) is 0. The average Bonchev–Trinajstić information content (AvgIpc) is 2.94. The van der Waals surface area contributed by atoms with Crippen LogP contribution in [0.25, 0.3) is 0 Å². The lowest BCUT2D eigenvalue weighted by molar-refractivity contribution is -0.0398. The lowest BCUT2D eigenvalue weighted by atomic mass is 9.96. The fraction of sp³-hybridized carbons (Fsp3) is 1.00. The molecule has 0 amide bonds. The van der Waals surface area contributed by atoms with E-state index in [4.69, 9.17) is 4.74 Å². The molecule has 4 heteroatoms. The molecule has 0 aromatic heterocycles. The van der Waals surface area contributed by atoms with Gasteiger partial charge in [0.25, 0.3) is 0 Å².